The van der Waals surface area contributed by atoms with Crippen molar-refractivity contribution in [3.05, 3.63) is 24.3 Å². The van der Waals surface area contributed by atoms with Gasteiger partial charge in [-0.2, -0.15) is 0 Å². The number of aromatic hydroxyl groups is 1. The van der Waals surface area contributed by atoms with Crippen LogP contribution in [0.15, 0.2) is 34.5 Å². The third kappa shape index (κ3) is 2.38. The Morgan fingerprint density at radius 3 is 2.75 bits per heavy atom. The average Bonchev–Trinajstić information content (AvgIpc) is 2.50. The molecule has 0 fully saturated rings. The molecule has 0 atom stereocenters. The molecule has 1 radical (unpaired) electrons. The van der Waals surface area contributed by atoms with Crippen molar-refractivity contribution >= 4 is 33.9 Å². The molecule has 0 spiro atoms. The van der Waals surface area contributed by atoms with Crippen LogP contribution < -0.4 is 5.73 Å². The maximum Gasteiger partial charge on any atom is 0.218 e. The van der Waals surface area contributed by atoms with Crippen LogP contribution in [-0.4, -0.2) is 15.2 Å². The Labute approximate surface area is 107 Å². The number of rotatable bonds is 1. The molecule has 16 heavy (non-hydrogen) atoms. The molecule has 4 N–H and O–H groups in total. The second-order valence-corrected chi connectivity index (χ2v) is 3.32. The van der Waals surface area contributed by atoms with Gasteiger partial charge in [0.05, 0.1) is 5.52 Å². The topological polar surface area (TPSA) is 86.8 Å². The number of hydrogen-bond donors (Lipinski definition) is 3. The van der Waals surface area contributed by atoms with E-state index in [1.165, 1.54) is 0 Å². The van der Waals surface area contributed by atoms with E-state index in [1.54, 1.807) is 0 Å². The van der Waals surface area contributed by atoms with Gasteiger partial charge in [0.1, 0.15) is 0 Å². The fourth-order valence-corrected chi connectivity index (χ4v) is 1.35. The van der Waals surface area contributed by atoms with Gasteiger partial charge in [-0.1, -0.05) is 18.2 Å². The maximum absolute atomic E-state index is 9.55. The first-order valence-electron chi connectivity index (χ1n) is 4.19. The molecule has 0 aliphatic carbocycles. The van der Waals surface area contributed by atoms with Crippen molar-refractivity contribution in [2.45, 2.75) is 0 Å². The number of hydrogen-bond acceptors (Lipinski definition) is 3. The molecule has 2 aromatic rings. The van der Waals surface area contributed by atoms with Crippen molar-refractivity contribution in [1.29, 1.82) is 0 Å². The summed E-state index contributed by atoms with van der Waals surface area (Å²) in [6.07, 6.45) is 0. The Kier molecular flexibility index (Phi) is 4.00. The smallest absolute Gasteiger partial charge is 0.218 e. The van der Waals surface area contributed by atoms with E-state index in [1.807, 2.05) is 24.3 Å². The number of nitrogens with two attached hydrogens (primary N) is 1. The molecular formula is C9H8CuN4OS. The minimum Gasteiger partial charge on any atom is -0.493 e. The predicted octanol–water partition coefficient (Wildman–Crippen LogP) is 2.20. The van der Waals surface area contributed by atoms with Crippen molar-refractivity contribution in [3.8, 4) is 5.88 Å². The molecule has 0 amide bonds. The molecule has 0 aliphatic rings. The number of aromatic amines is 1. The summed E-state index contributed by atoms with van der Waals surface area (Å²) in [5.41, 5.74) is 6.31. The Morgan fingerprint density at radius 2 is 2.06 bits per heavy atom. The number of para-hydroxylation sites is 1. The molecule has 0 aliphatic heterocycles. The largest absolute Gasteiger partial charge is 0.493 e. The van der Waals surface area contributed by atoms with Crippen LogP contribution in [0, 0.1) is 0 Å². The zero-order valence-electron chi connectivity index (χ0n) is 7.94. The fourth-order valence-electron chi connectivity index (χ4n) is 1.31. The van der Waals surface area contributed by atoms with Gasteiger partial charge in [-0.3, -0.25) is 0 Å². The van der Waals surface area contributed by atoms with Gasteiger partial charge in [0, 0.05) is 22.5 Å². The molecule has 1 aromatic heterocycles. The van der Waals surface area contributed by atoms with E-state index in [0.717, 1.165) is 10.9 Å². The Balaban J connectivity index is 0.00000128. The number of aromatic nitrogens is 1. The minimum absolute atomic E-state index is 0. The molecule has 7 heteroatoms. The molecule has 5 nitrogen and oxygen atoms in total. The quantitative estimate of drug-likeness (QED) is 0.426. The first-order chi connectivity index (χ1) is 7.18. The van der Waals surface area contributed by atoms with Crippen molar-refractivity contribution in [2.75, 3.05) is 0 Å². The summed E-state index contributed by atoms with van der Waals surface area (Å²) in [6.45, 7) is 0. The van der Waals surface area contributed by atoms with Crippen molar-refractivity contribution < 1.29 is 22.2 Å². The Morgan fingerprint density at radius 1 is 1.38 bits per heavy atom. The fraction of sp³-hybridized carbons (Fsp3) is 0. The van der Waals surface area contributed by atoms with Gasteiger partial charge in [-0.15, -0.1) is 10.2 Å². The SMILES string of the molecule is NC(=S)N=Nc1c(O)[nH]c2ccccc12.[Cu]. The molecule has 0 unspecified atom stereocenters. The molecule has 0 saturated carbocycles. The Hall–Kier alpha value is -1.43. The molecular weight excluding hydrogens is 276 g/mol. The van der Waals surface area contributed by atoms with Crippen LogP contribution in [0.2, 0.25) is 0 Å². The summed E-state index contributed by atoms with van der Waals surface area (Å²) in [6, 6.07) is 7.34. The molecule has 1 aromatic carbocycles. The van der Waals surface area contributed by atoms with Crippen LogP contribution in [0.1, 0.15) is 0 Å². The van der Waals surface area contributed by atoms with E-state index in [0.29, 0.717) is 5.69 Å². The van der Waals surface area contributed by atoms with Crippen LogP contribution in [0.5, 0.6) is 5.88 Å². The van der Waals surface area contributed by atoms with Gasteiger partial charge in [-0.25, -0.2) is 0 Å². The molecule has 0 saturated heterocycles. The summed E-state index contributed by atoms with van der Waals surface area (Å²) >= 11 is 4.56. The number of benzene rings is 1. The van der Waals surface area contributed by atoms with Gasteiger partial charge in [0.25, 0.3) is 0 Å². The van der Waals surface area contributed by atoms with Crippen molar-refractivity contribution in [3.63, 3.8) is 0 Å². The summed E-state index contributed by atoms with van der Waals surface area (Å²) in [4.78, 5) is 2.77. The Bertz CT molecular complexity index is 551. The zero-order valence-corrected chi connectivity index (χ0v) is 9.70. The number of nitrogens with one attached hydrogen (secondary N) is 1. The monoisotopic (exact) mass is 283 g/mol. The second-order valence-electron chi connectivity index (χ2n) is 2.91. The first-order valence-corrected chi connectivity index (χ1v) is 4.60. The van der Waals surface area contributed by atoms with E-state index >= 15 is 0 Å². The summed E-state index contributed by atoms with van der Waals surface area (Å²) in [5.74, 6) is -0.0452. The number of thiocarbonyl (C=S) groups is 1. The van der Waals surface area contributed by atoms with Crippen LogP contribution in [-0.2, 0) is 17.1 Å². The van der Waals surface area contributed by atoms with Crippen LogP contribution in [0.4, 0.5) is 5.69 Å². The van der Waals surface area contributed by atoms with Gasteiger partial charge in [-0.05, 0) is 18.3 Å². The number of fused-ring (bicyclic) bond motifs is 1. The van der Waals surface area contributed by atoms with Crippen molar-refractivity contribution in [1.82, 2.24) is 4.98 Å². The van der Waals surface area contributed by atoms with E-state index < -0.39 is 0 Å². The molecule has 1 heterocycles. The van der Waals surface area contributed by atoms with Crippen LogP contribution in [0.25, 0.3) is 10.9 Å². The third-order valence-electron chi connectivity index (χ3n) is 1.91. The average molecular weight is 284 g/mol. The van der Waals surface area contributed by atoms with Gasteiger partial charge in [0.15, 0.2) is 5.69 Å². The van der Waals surface area contributed by atoms with E-state index in [-0.39, 0.29) is 28.1 Å². The second kappa shape index (κ2) is 5.07. The maximum atomic E-state index is 9.55. The first kappa shape index (κ1) is 12.6. The van der Waals surface area contributed by atoms with Crippen molar-refractivity contribution in [2.24, 2.45) is 16.0 Å². The van der Waals surface area contributed by atoms with Crippen LogP contribution >= 0.6 is 12.2 Å². The zero-order chi connectivity index (χ0) is 10.8. The van der Waals surface area contributed by atoms with Crippen LogP contribution in [0.3, 0.4) is 0 Å². The molecule has 0 bridgehead atoms. The number of azo groups is 1. The predicted molar refractivity (Wildman–Crippen MR) is 61.3 cm³/mol. The summed E-state index contributed by atoms with van der Waals surface area (Å²) in [7, 11) is 0. The van der Waals surface area contributed by atoms with E-state index in [9.17, 15) is 5.11 Å². The summed E-state index contributed by atoms with van der Waals surface area (Å²) < 4.78 is 0. The number of nitrogens with zero attached hydrogens (tertiary/aromatic N) is 2. The van der Waals surface area contributed by atoms with Gasteiger partial charge < -0.3 is 15.8 Å². The van der Waals surface area contributed by atoms with Gasteiger partial charge in [0.2, 0.25) is 11.0 Å². The molecule has 87 valence electrons. The van der Waals surface area contributed by atoms with Gasteiger partial charge >= 0.3 is 0 Å². The normalized spacial score (nSPS) is 10.5. The summed E-state index contributed by atoms with van der Waals surface area (Å²) in [5, 5.41) is 17.6. The molecule has 2 rings (SSSR count). The third-order valence-corrected chi connectivity index (χ3v) is 1.99. The number of H-pyrrole nitrogens is 1. The van der Waals surface area contributed by atoms with E-state index in [4.69, 9.17) is 5.73 Å². The van der Waals surface area contributed by atoms with E-state index in [2.05, 4.69) is 27.4 Å². The minimum atomic E-state index is -0.0697. The standard InChI is InChI=1S/C9H8N4OS.Cu/c10-9(15)13-12-7-5-3-1-2-4-6(5)11-8(7)14;/h1-4,11,14H,(H2,10,15);.